The number of aromatic nitrogens is 2. The van der Waals surface area contributed by atoms with Crippen molar-refractivity contribution in [3.8, 4) is 0 Å². The Bertz CT molecular complexity index is 179. The van der Waals surface area contributed by atoms with Gasteiger partial charge in [0.05, 0.1) is 3.57 Å². The molecule has 0 aliphatic heterocycles. The van der Waals surface area contributed by atoms with E-state index in [1.807, 2.05) is 0 Å². The van der Waals surface area contributed by atoms with Crippen LogP contribution >= 0.6 is 67.8 Å². The molecule has 1 N–H and O–H groups in total. The largest absolute Gasteiger partial charge is 0.270 e. The first-order chi connectivity index (χ1) is 3.72. The van der Waals surface area contributed by atoms with Crippen LogP contribution in [-0.2, 0) is 0 Å². The molecule has 1 heterocycles. The molecule has 0 aliphatic carbocycles. The molecule has 0 aromatic carbocycles. The normalized spacial score (nSPS) is 8.78. The van der Waals surface area contributed by atoms with Gasteiger partial charge in [0, 0.05) is 51.4 Å². The van der Waals surface area contributed by atoms with Crippen molar-refractivity contribution < 1.29 is 0 Å². The topological polar surface area (TPSA) is 28.7 Å². The third-order valence-corrected chi connectivity index (χ3v) is 5.30. The minimum atomic E-state index is 0. The van der Waals surface area contributed by atoms with Crippen LogP contribution in [0.15, 0.2) is 0 Å². The van der Waals surface area contributed by atoms with E-state index in [-0.39, 0.29) is 51.4 Å². The minimum absolute atomic E-state index is 0. The average molecular weight is 485 g/mol. The van der Waals surface area contributed by atoms with Crippen molar-refractivity contribution in [3.63, 3.8) is 0 Å². The summed E-state index contributed by atoms with van der Waals surface area (Å²) in [5.74, 6) is 0. The molecule has 0 amide bonds. The van der Waals surface area contributed by atoms with Gasteiger partial charge < -0.3 is 0 Å². The second-order valence-corrected chi connectivity index (χ2v) is 4.32. The van der Waals surface area contributed by atoms with Gasteiger partial charge >= 0.3 is 0 Å². The summed E-state index contributed by atoms with van der Waals surface area (Å²) in [5, 5.41) is 6.82. The van der Waals surface area contributed by atoms with Gasteiger partial charge in [0.15, 0.2) is 0 Å². The zero-order valence-corrected chi connectivity index (χ0v) is 14.2. The molecule has 0 bridgehead atoms. The molecule has 1 aromatic rings. The fourth-order valence-electron chi connectivity index (χ4n) is 0.287. The molecule has 0 spiro atoms. The van der Waals surface area contributed by atoms with E-state index < -0.39 is 0 Å². The summed E-state index contributed by atoms with van der Waals surface area (Å²) >= 11 is 6.66. The molecule has 0 atom stereocenters. The van der Waals surface area contributed by atoms with E-state index in [9.17, 15) is 0 Å². The predicted octanol–water partition coefficient (Wildman–Crippen LogP) is 1.84. The van der Waals surface area contributed by atoms with Crippen LogP contribution in [0, 0.1) is 11.0 Å². The first kappa shape index (κ1) is 12.0. The Morgan fingerprint density at radius 1 is 1.22 bits per heavy atom. The molecule has 0 saturated carbocycles. The second-order valence-electron chi connectivity index (χ2n) is 1.14. The number of aromatic amines is 1. The molecule has 0 saturated heterocycles. The molecular weight excluding hydrogens is 484 g/mol. The Morgan fingerprint density at radius 2 is 1.78 bits per heavy atom. The van der Waals surface area contributed by atoms with Crippen molar-refractivity contribution in [2.45, 2.75) is 0 Å². The molecule has 2 nitrogen and oxygen atoms in total. The Kier molecular flexibility index (Phi) is 7.55. The zero-order chi connectivity index (χ0) is 6.15. The Labute approximate surface area is 137 Å². The van der Waals surface area contributed by atoms with Crippen molar-refractivity contribution in [2.75, 3.05) is 0 Å². The van der Waals surface area contributed by atoms with Gasteiger partial charge in [0.25, 0.3) is 0 Å². The monoisotopic (exact) mass is 485 g/mol. The molecule has 6 heteroatoms. The standard InChI is InChI=1S/C3HI3N2.K/c4-1-2(5)7-8-3(1)6;/h(H,7,8);. The van der Waals surface area contributed by atoms with Crippen molar-refractivity contribution in [1.82, 2.24) is 10.2 Å². The van der Waals surface area contributed by atoms with Gasteiger partial charge in [-0.2, -0.15) is 5.10 Å². The molecular formula is C3HI3KN2. The SMILES string of the molecule is Ic1n[nH]c(I)c1I.[K]. The fraction of sp³-hybridized carbons (Fsp3) is 0. The number of hydrogen-bond donors (Lipinski definition) is 1. The van der Waals surface area contributed by atoms with Crippen LogP contribution in [-0.4, -0.2) is 61.6 Å². The smallest absolute Gasteiger partial charge is 0.137 e. The molecule has 0 fully saturated rings. The summed E-state index contributed by atoms with van der Waals surface area (Å²) in [6.07, 6.45) is 0. The van der Waals surface area contributed by atoms with E-state index in [4.69, 9.17) is 0 Å². The van der Waals surface area contributed by atoms with Crippen molar-refractivity contribution >= 4 is 119 Å². The van der Waals surface area contributed by atoms with Gasteiger partial charge in [-0.25, -0.2) is 0 Å². The summed E-state index contributed by atoms with van der Waals surface area (Å²) < 4.78 is 3.38. The van der Waals surface area contributed by atoms with Crippen LogP contribution in [0.2, 0.25) is 0 Å². The summed E-state index contributed by atoms with van der Waals surface area (Å²) in [6, 6.07) is 0. The number of hydrogen-bond acceptors (Lipinski definition) is 1. The van der Waals surface area contributed by atoms with Crippen molar-refractivity contribution in [3.05, 3.63) is 11.0 Å². The van der Waals surface area contributed by atoms with Crippen LogP contribution < -0.4 is 0 Å². The number of H-pyrrole nitrogens is 1. The van der Waals surface area contributed by atoms with Crippen LogP contribution in [0.3, 0.4) is 0 Å². The molecule has 1 rings (SSSR count). The predicted molar refractivity (Wildman–Crippen MR) is 62.5 cm³/mol. The number of halogens is 3. The van der Waals surface area contributed by atoms with Gasteiger partial charge in [-0.1, -0.05) is 0 Å². The van der Waals surface area contributed by atoms with Gasteiger partial charge in [0.1, 0.15) is 7.40 Å². The van der Waals surface area contributed by atoms with Crippen LogP contribution in [0.4, 0.5) is 0 Å². The van der Waals surface area contributed by atoms with E-state index in [1.165, 1.54) is 3.57 Å². The Balaban J connectivity index is 0.000000640. The zero-order valence-electron chi connectivity index (χ0n) is 4.58. The third-order valence-electron chi connectivity index (χ3n) is 0.626. The first-order valence-electron chi connectivity index (χ1n) is 1.76. The van der Waals surface area contributed by atoms with E-state index in [0.717, 1.165) is 7.40 Å². The first-order valence-corrected chi connectivity index (χ1v) is 5.00. The van der Waals surface area contributed by atoms with E-state index in [0.29, 0.717) is 0 Å². The van der Waals surface area contributed by atoms with Crippen LogP contribution in [0.25, 0.3) is 0 Å². The fourth-order valence-corrected chi connectivity index (χ4v) is 1.81. The maximum Gasteiger partial charge on any atom is 0.137 e. The number of nitrogens with one attached hydrogen (secondary N) is 1. The average Bonchev–Trinajstić information content (AvgIpc) is 1.98. The maximum absolute atomic E-state index is 3.96. The van der Waals surface area contributed by atoms with Crippen LogP contribution in [0.5, 0.6) is 0 Å². The summed E-state index contributed by atoms with van der Waals surface area (Å²) in [4.78, 5) is 0. The second kappa shape index (κ2) is 5.64. The molecule has 9 heavy (non-hydrogen) atoms. The number of rotatable bonds is 0. The van der Waals surface area contributed by atoms with E-state index in [1.54, 1.807) is 0 Å². The summed E-state index contributed by atoms with van der Waals surface area (Å²) in [5.41, 5.74) is 0. The van der Waals surface area contributed by atoms with Gasteiger partial charge in [-0.3, -0.25) is 5.10 Å². The Hall–Kier alpha value is 3.04. The molecule has 0 aliphatic rings. The van der Waals surface area contributed by atoms with Crippen molar-refractivity contribution in [2.24, 2.45) is 0 Å². The molecule has 1 radical (unpaired) electrons. The van der Waals surface area contributed by atoms with Crippen LogP contribution in [0.1, 0.15) is 0 Å². The summed E-state index contributed by atoms with van der Waals surface area (Å²) in [6.45, 7) is 0. The van der Waals surface area contributed by atoms with Gasteiger partial charge in [0.2, 0.25) is 0 Å². The quantitative estimate of drug-likeness (QED) is 0.442. The van der Waals surface area contributed by atoms with Crippen molar-refractivity contribution in [1.29, 1.82) is 0 Å². The van der Waals surface area contributed by atoms with Gasteiger partial charge in [-0.15, -0.1) is 0 Å². The summed E-state index contributed by atoms with van der Waals surface area (Å²) in [7, 11) is 0. The van der Waals surface area contributed by atoms with E-state index >= 15 is 0 Å². The number of nitrogens with zero attached hydrogens (tertiary/aromatic N) is 1. The van der Waals surface area contributed by atoms with E-state index in [2.05, 4.69) is 78.0 Å². The molecule has 0 unspecified atom stereocenters. The third kappa shape index (κ3) is 3.50. The molecule has 45 valence electrons. The van der Waals surface area contributed by atoms with Gasteiger partial charge in [-0.05, 0) is 67.8 Å². The minimum Gasteiger partial charge on any atom is -0.270 e. The maximum atomic E-state index is 3.96. The molecule has 1 aromatic heterocycles. The Morgan fingerprint density at radius 3 is 1.89 bits per heavy atom.